The molecule has 0 bridgehead atoms. The van der Waals surface area contributed by atoms with Crippen molar-refractivity contribution in [3.8, 4) is 0 Å². The van der Waals surface area contributed by atoms with E-state index in [0.717, 1.165) is 0 Å². The summed E-state index contributed by atoms with van der Waals surface area (Å²) >= 11 is 0. The van der Waals surface area contributed by atoms with E-state index in [1.807, 2.05) is 0 Å². The van der Waals surface area contributed by atoms with Crippen LogP contribution >= 0.6 is 0 Å². The van der Waals surface area contributed by atoms with Crippen LogP contribution < -0.4 is 16.4 Å². The number of benzene rings is 1. The smallest absolute Gasteiger partial charge is 0.282 e. The molecule has 2 amide bonds. The molecular weight excluding hydrogens is 276 g/mol. The quantitative estimate of drug-likeness (QED) is 0.530. The number of nitro groups is 1. The highest BCUT2D eigenvalue weighted by Crippen LogP contribution is 2.23. The van der Waals surface area contributed by atoms with Crippen LogP contribution in [0.4, 0.5) is 11.4 Å². The second-order valence-corrected chi connectivity index (χ2v) is 5.17. The number of rotatable bonds is 6. The van der Waals surface area contributed by atoms with Gasteiger partial charge in [0.15, 0.2) is 0 Å². The Kier molecular flexibility index (Phi) is 4.85. The average Bonchev–Trinajstić information content (AvgIpc) is 2.43. The second-order valence-electron chi connectivity index (χ2n) is 5.17. The Morgan fingerprint density at radius 3 is 2.48 bits per heavy atom. The molecule has 0 heterocycles. The Hall–Kier alpha value is -2.64. The van der Waals surface area contributed by atoms with Crippen molar-refractivity contribution >= 4 is 23.2 Å². The first-order chi connectivity index (χ1) is 9.69. The fraction of sp³-hybridized carbons (Fsp3) is 0.385. The minimum atomic E-state index is -0.939. The van der Waals surface area contributed by atoms with Crippen molar-refractivity contribution in [3.63, 3.8) is 0 Å². The lowest BCUT2D eigenvalue weighted by atomic mass is 9.92. The van der Waals surface area contributed by atoms with E-state index in [9.17, 15) is 19.7 Å². The van der Waals surface area contributed by atoms with E-state index in [2.05, 4.69) is 10.6 Å². The van der Waals surface area contributed by atoms with E-state index in [1.54, 1.807) is 20.9 Å². The number of nitrogens with one attached hydrogen (secondary N) is 2. The number of nitrogens with zero attached hydrogens (tertiary/aromatic N) is 1. The summed E-state index contributed by atoms with van der Waals surface area (Å²) in [6.07, 6.45) is 0. The van der Waals surface area contributed by atoms with Crippen LogP contribution in [0.1, 0.15) is 24.2 Å². The number of anilines is 1. The lowest BCUT2D eigenvalue weighted by molar-refractivity contribution is -0.385. The monoisotopic (exact) mass is 294 g/mol. The molecule has 0 atom stereocenters. The van der Waals surface area contributed by atoms with Crippen molar-refractivity contribution in [1.29, 1.82) is 0 Å². The Morgan fingerprint density at radius 2 is 2.00 bits per heavy atom. The summed E-state index contributed by atoms with van der Waals surface area (Å²) in [7, 11) is 1.64. The zero-order valence-electron chi connectivity index (χ0n) is 12.1. The first kappa shape index (κ1) is 16.4. The Labute approximate surface area is 121 Å². The fourth-order valence-electron chi connectivity index (χ4n) is 1.52. The van der Waals surface area contributed by atoms with Crippen molar-refractivity contribution in [2.24, 2.45) is 11.1 Å². The second kappa shape index (κ2) is 6.21. The molecule has 8 heteroatoms. The third-order valence-corrected chi connectivity index (χ3v) is 3.08. The summed E-state index contributed by atoms with van der Waals surface area (Å²) in [6.45, 7) is 3.14. The molecule has 0 aliphatic rings. The van der Waals surface area contributed by atoms with Gasteiger partial charge in [-0.25, -0.2) is 0 Å². The minimum Gasteiger partial charge on any atom is -0.388 e. The van der Waals surface area contributed by atoms with E-state index < -0.39 is 22.2 Å². The van der Waals surface area contributed by atoms with Gasteiger partial charge in [0.2, 0.25) is 5.91 Å². The maximum Gasteiger partial charge on any atom is 0.282 e. The zero-order valence-corrected chi connectivity index (χ0v) is 12.1. The predicted molar refractivity (Wildman–Crippen MR) is 78.0 cm³/mol. The molecule has 0 aromatic heterocycles. The molecule has 0 aliphatic heterocycles. The molecule has 0 spiro atoms. The number of nitrogens with two attached hydrogens (primary N) is 1. The number of nitro benzene ring substituents is 1. The summed E-state index contributed by atoms with van der Waals surface area (Å²) in [6, 6.07) is 4.13. The number of carbonyl (C=O) groups is 2. The predicted octanol–water partition coefficient (Wildman–Crippen LogP) is 0.878. The molecule has 0 aliphatic carbocycles. The van der Waals surface area contributed by atoms with Crippen LogP contribution in [0, 0.1) is 15.5 Å². The number of hydrogen-bond donors (Lipinski definition) is 3. The van der Waals surface area contributed by atoms with E-state index in [4.69, 9.17) is 5.73 Å². The van der Waals surface area contributed by atoms with Gasteiger partial charge in [0, 0.05) is 25.3 Å². The summed E-state index contributed by atoms with van der Waals surface area (Å²) in [5, 5.41) is 16.3. The van der Waals surface area contributed by atoms with Crippen molar-refractivity contribution < 1.29 is 14.5 Å². The zero-order chi connectivity index (χ0) is 16.2. The normalized spacial score (nSPS) is 10.8. The first-order valence-electron chi connectivity index (χ1n) is 6.23. The van der Waals surface area contributed by atoms with Crippen LogP contribution in [-0.4, -0.2) is 30.3 Å². The molecule has 21 heavy (non-hydrogen) atoms. The van der Waals surface area contributed by atoms with Crippen LogP contribution in [0.5, 0.6) is 0 Å². The summed E-state index contributed by atoms with van der Waals surface area (Å²) in [5.41, 5.74) is 4.46. The van der Waals surface area contributed by atoms with Gasteiger partial charge < -0.3 is 16.4 Å². The molecule has 0 saturated heterocycles. The third-order valence-electron chi connectivity index (χ3n) is 3.08. The first-order valence-corrected chi connectivity index (χ1v) is 6.23. The van der Waals surface area contributed by atoms with Gasteiger partial charge in [0.05, 0.1) is 10.3 Å². The van der Waals surface area contributed by atoms with Gasteiger partial charge in [-0.1, -0.05) is 0 Å². The lowest BCUT2D eigenvalue weighted by Crippen LogP contribution is -2.42. The Bertz CT molecular complexity index is 584. The maximum atomic E-state index is 12.1. The van der Waals surface area contributed by atoms with Crippen LogP contribution in [0.15, 0.2) is 18.2 Å². The highest BCUT2D eigenvalue weighted by Gasteiger charge is 2.27. The average molecular weight is 294 g/mol. The van der Waals surface area contributed by atoms with Crippen molar-refractivity contribution in [1.82, 2.24) is 5.32 Å². The standard InChI is InChI=1S/C13H18N4O4/c1-13(2,12(14)19)7-16-11(18)9-6-8(15-3)4-5-10(9)17(20)21/h4-6,15H,7H2,1-3H3,(H2,14,19)(H,16,18). The van der Waals surface area contributed by atoms with Crippen LogP contribution in [-0.2, 0) is 4.79 Å². The van der Waals surface area contributed by atoms with Gasteiger partial charge in [0.25, 0.3) is 11.6 Å². The van der Waals surface area contributed by atoms with E-state index in [-0.39, 0.29) is 17.8 Å². The maximum absolute atomic E-state index is 12.1. The minimum absolute atomic E-state index is 0.0118. The SMILES string of the molecule is CNc1ccc([N+](=O)[O-])c(C(=O)NCC(C)(C)C(N)=O)c1. The van der Waals surface area contributed by atoms with Crippen LogP contribution in [0.25, 0.3) is 0 Å². The van der Waals surface area contributed by atoms with Crippen LogP contribution in [0.3, 0.4) is 0 Å². The van der Waals surface area contributed by atoms with Gasteiger partial charge in [-0.15, -0.1) is 0 Å². The lowest BCUT2D eigenvalue weighted by Gasteiger charge is -2.20. The third kappa shape index (κ3) is 3.91. The van der Waals surface area contributed by atoms with E-state index >= 15 is 0 Å². The highest BCUT2D eigenvalue weighted by atomic mass is 16.6. The highest BCUT2D eigenvalue weighted by molar-refractivity contribution is 5.99. The summed E-state index contributed by atoms with van der Waals surface area (Å²) in [4.78, 5) is 33.6. The largest absolute Gasteiger partial charge is 0.388 e. The number of hydrogen-bond acceptors (Lipinski definition) is 5. The molecule has 0 saturated carbocycles. The molecule has 0 unspecified atom stereocenters. The summed E-state index contributed by atoms with van der Waals surface area (Å²) < 4.78 is 0. The van der Waals surface area contributed by atoms with Crippen LogP contribution in [0.2, 0.25) is 0 Å². The molecular formula is C13H18N4O4. The van der Waals surface area contributed by atoms with E-state index in [0.29, 0.717) is 5.69 Å². The van der Waals surface area contributed by atoms with Gasteiger partial charge in [-0.2, -0.15) is 0 Å². The molecule has 1 aromatic carbocycles. The van der Waals surface area contributed by atoms with E-state index in [1.165, 1.54) is 18.2 Å². The molecule has 8 nitrogen and oxygen atoms in total. The number of carbonyl (C=O) groups excluding carboxylic acids is 2. The Balaban J connectivity index is 3.01. The number of amides is 2. The molecule has 1 rings (SSSR count). The van der Waals surface area contributed by atoms with Gasteiger partial charge in [-0.3, -0.25) is 19.7 Å². The van der Waals surface area contributed by atoms with Crippen molar-refractivity contribution in [2.75, 3.05) is 18.9 Å². The Morgan fingerprint density at radius 1 is 1.38 bits per heavy atom. The molecule has 4 N–H and O–H groups in total. The molecule has 0 fully saturated rings. The fourth-order valence-corrected chi connectivity index (χ4v) is 1.52. The molecule has 0 radical (unpaired) electrons. The molecule has 114 valence electrons. The topological polar surface area (TPSA) is 127 Å². The molecule has 1 aromatic rings. The van der Waals surface area contributed by atoms with Gasteiger partial charge >= 0.3 is 0 Å². The van der Waals surface area contributed by atoms with Crippen molar-refractivity contribution in [3.05, 3.63) is 33.9 Å². The van der Waals surface area contributed by atoms with Gasteiger partial charge in [-0.05, 0) is 26.0 Å². The van der Waals surface area contributed by atoms with Gasteiger partial charge in [0.1, 0.15) is 5.56 Å². The summed E-state index contributed by atoms with van der Waals surface area (Å²) in [5.74, 6) is -1.20. The van der Waals surface area contributed by atoms with Crippen molar-refractivity contribution in [2.45, 2.75) is 13.8 Å². The number of primary amides is 1.